The predicted molar refractivity (Wildman–Crippen MR) is 249 cm³/mol. The van der Waals surface area contributed by atoms with Gasteiger partial charge in [0.15, 0.2) is 6.23 Å². The number of thiophene rings is 1. The van der Waals surface area contributed by atoms with Crippen LogP contribution in [0.4, 0.5) is 23.8 Å². The summed E-state index contributed by atoms with van der Waals surface area (Å²) in [7, 11) is 0. The maximum Gasteiger partial charge on any atom is 0.417 e. The largest absolute Gasteiger partial charge is 0.481 e. The van der Waals surface area contributed by atoms with E-state index in [0.29, 0.717) is 75.7 Å². The second-order valence-electron chi connectivity index (χ2n) is 21.1. The quantitative estimate of drug-likeness (QED) is 0.150. The number of aliphatic carboxylic acids is 1. The topological polar surface area (TPSA) is 148 Å². The first kappa shape index (κ1) is 45.9. The van der Waals surface area contributed by atoms with E-state index in [9.17, 15) is 14.7 Å². The van der Waals surface area contributed by atoms with Gasteiger partial charge in [-0.05, 0) is 128 Å². The van der Waals surface area contributed by atoms with Gasteiger partial charge >= 0.3 is 24.2 Å². The number of alkyl halides is 3. The van der Waals surface area contributed by atoms with Crippen LogP contribution in [-0.4, -0.2) is 115 Å². The molecule has 4 aromatic heterocycles. The number of carbonyl (C=O) groups is 2. The van der Waals surface area contributed by atoms with Gasteiger partial charge in [0.25, 0.3) is 0 Å². The number of ether oxygens (including phenoxy) is 3. The van der Waals surface area contributed by atoms with E-state index in [0.717, 1.165) is 83.8 Å². The molecule has 1 aliphatic carbocycles. The van der Waals surface area contributed by atoms with Crippen LogP contribution in [0.3, 0.4) is 0 Å². The van der Waals surface area contributed by atoms with Crippen LogP contribution in [0.1, 0.15) is 116 Å². The fraction of sp³-hybridized carbons (Fsp3) is 0.633. The number of fused-ring (bicyclic) bond motifs is 6. The first-order valence-corrected chi connectivity index (χ1v) is 24.9. The molecule has 1 aromatic carbocycles. The zero-order chi connectivity index (χ0) is 47.0. The van der Waals surface area contributed by atoms with Crippen LogP contribution >= 0.6 is 11.3 Å². The molecule has 0 spiro atoms. The molecule has 5 aromatic rings. The van der Waals surface area contributed by atoms with Gasteiger partial charge in [-0.2, -0.15) is 28.2 Å². The Balaban J connectivity index is 1.03. The number of hydrogen-bond donors (Lipinski definition) is 1. The molecule has 4 atom stereocenters. The Morgan fingerprint density at radius 2 is 1.76 bits per heavy atom. The average Bonchev–Trinajstić information content (AvgIpc) is 3.95. The summed E-state index contributed by atoms with van der Waals surface area (Å²) in [6.45, 7) is 13.9. The first-order valence-electron chi connectivity index (χ1n) is 24.1. The van der Waals surface area contributed by atoms with Gasteiger partial charge in [-0.25, -0.2) is 9.48 Å². The van der Waals surface area contributed by atoms with Crippen LogP contribution in [0.5, 0.6) is 6.01 Å². The van der Waals surface area contributed by atoms with Crippen molar-refractivity contribution in [3.05, 3.63) is 35.7 Å². The fourth-order valence-corrected chi connectivity index (χ4v) is 12.8. The Hall–Kier alpha value is -4.81. The summed E-state index contributed by atoms with van der Waals surface area (Å²) in [6, 6.07) is 3.34. The highest BCUT2D eigenvalue weighted by Crippen LogP contribution is 2.49. The highest BCUT2D eigenvalue weighted by molar-refractivity contribution is 7.26. The summed E-state index contributed by atoms with van der Waals surface area (Å²) in [5.74, 6) is 0.152. The Bertz CT molecular complexity index is 2670. The summed E-state index contributed by atoms with van der Waals surface area (Å²) in [5.41, 5.74) is -0.812. The number of benzene rings is 1. The zero-order valence-corrected chi connectivity index (χ0v) is 39.8. The average molecular weight is 947 g/mol. The van der Waals surface area contributed by atoms with Gasteiger partial charge < -0.3 is 29.1 Å². The molecule has 18 heteroatoms. The van der Waals surface area contributed by atoms with Crippen molar-refractivity contribution in [2.45, 2.75) is 135 Å². The van der Waals surface area contributed by atoms with E-state index in [1.165, 1.54) is 24.5 Å². The highest BCUT2D eigenvalue weighted by atomic mass is 32.1. The number of piperidine rings is 1. The van der Waals surface area contributed by atoms with E-state index in [2.05, 4.69) is 21.8 Å². The molecule has 5 aliphatic rings. The van der Waals surface area contributed by atoms with Crippen LogP contribution in [0.15, 0.2) is 24.5 Å². The number of anilines is 1. The first-order chi connectivity index (χ1) is 31.9. The standard InChI is InChI=1S/C49H61F3N8O6S/c1-28-21-35-34(22-54-60(35)36-9-6-7-20-64-36)37(39(28)49(50,51)52)40-41-33(16-18-53-40)38-42(58-24-31-14-15-32(25-58)59(31)46(63)66-47(2,3)4)55-45(56-43(38)67-41)65-27-48(5)17-8-19-57(26-48)23-29-10-12-30(13-11-29)44(61)62/h16,18,21-22,29-32,36H,6-15,17,19-20,23-27H2,1-5H3,(H,61,62)/t29?,30?,31-,32+,36?,48?. The molecule has 1 saturated carbocycles. The van der Waals surface area contributed by atoms with Gasteiger partial charge in [0.2, 0.25) is 0 Å². The number of nitrogens with zero attached hydrogens (tertiary/aromatic N) is 8. The molecule has 4 saturated heterocycles. The number of aryl methyl sites for hydroxylation is 1. The number of amides is 1. The van der Waals surface area contributed by atoms with Crippen molar-refractivity contribution in [1.29, 1.82) is 0 Å². The third-order valence-corrected chi connectivity index (χ3v) is 15.9. The lowest BCUT2D eigenvalue weighted by molar-refractivity contribution is -0.143. The smallest absolute Gasteiger partial charge is 0.417 e. The summed E-state index contributed by atoms with van der Waals surface area (Å²) >= 11 is 1.29. The van der Waals surface area contributed by atoms with Crippen LogP contribution in [0, 0.1) is 24.2 Å². The summed E-state index contributed by atoms with van der Waals surface area (Å²) in [5, 5.41) is 15.9. The minimum absolute atomic E-state index is 0.0265. The van der Waals surface area contributed by atoms with E-state index in [4.69, 9.17) is 29.2 Å². The molecule has 2 unspecified atom stereocenters. The number of carbonyl (C=O) groups excluding carboxylic acids is 1. The molecule has 14 nitrogen and oxygen atoms in total. The number of aromatic nitrogens is 5. The van der Waals surface area contributed by atoms with E-state index >= 15 is 13.2 Å². The molecule has 8 heterocycles. The Morgan fingerprint density at radius 3 is 2.45 bits per heavy atom. The van der Waals surface area contributed by atoms with Crippen LogP contribution < -0.4 is 9.64 Å². The summed E-state index contributed by atoms with van der Waals surface area (Å²) in [4.78, 5) is 47.2. The predicted octanol–water partition coefficient (Wildman–Crippen LogP) is 10.2. The molecular formula is C49H61F3N8O6S. The van der Waals surface area contributed by atoms with Crippen LogP contribution in [0.25, 0.3) is 42.5 Å². The van der Waals surface area contributed by atoms with E-state index < -0.39 is 23.3 Å². The third kappa shape index (κ3) is 9.02. The molecule has 1 amide bonds. The Kier molecular flexibility index (Phi) is 12.1. The fourth-order valence-electron chi connectivity index (χ4n) is 11.7. The normalized spacial score (nSPS) is 26.5. The number of likely N-dealkylation sites (tertiary alicyclic amines) is 1. The number of rotatable bonds is 9. The lowest BCUT2D eigenvalue weighted by atomic mass is 9.79. The van der Waals surface area contributed by atoms with E-state index in [1.54, 1.807) is 16.9 Å². The zero-order valence-electron chi connectivity index (χ0n) is 39.0. The van der Waals surface area contributed by atoms with Crippen molar-refractivity contribution in [3.63, 3.8) is 0 Å². The summed E-state index contributed by atoms with van der Waals surface area (Å²) < 4.78 is 67.0. The molecular weight excluding hydrogens is 886 g/mol. The second-order valence-corrected chi connectivity index (χ2v) is 22.1. The second kappa shape index (κ2) is 17.6. The number of pyridine rings is 1. The van der Waals surface area contributed by atoms with Gasteiger partial charge in [0.05, 0.1) is 57.7 Å². The lowest BCUT2D eigenvalue weighted by Gasteiger charge is -2.42. The molecule has 0 radical (unpaired) electrons. The summed E-state index contributed by atoms with van der Waals surface area (Å²) in [6.07, 6.45) is 7.09. The van der Waals surface area contributed by atoms with E-state index in [-0.39, 0.29) is 58.6 Å². The van der Waals surface area contributed by atoms with Crippen LogP contribution in [-0.2, 0) is 20.4 Å². The molecule has 360 valence electrons. The maximum atomic E-state index is 15.4. The number of carboxylic acid groups (broad SMARTS) is 1. The number of piperazine rings is 1. The third-order valence-electron chi connectivity index (χ3n) is 14.8. The molecule has 10 rings (SSSR count). The van der Waals surface area contributed by atoms with Crippen LogP contribution in [0.2, 0.25) is 0 Å². The van der Waals surface area contributed by atoms with Crippen molar-refractivity contribution in [2.24, 2.45) is 17.3 Å². The highest BCUT2D eigenvalue weighted by Gasteiger charge is 2.46. The number of halogens is 3. The van der Waals surface area contributed by atoms with E-state index in [1.807, 2.05) is 31.7 Å². The van der Waals surface area contributed by atoms with Crippen molar-refractivity contribution in [1.82, 2.24) is 34.5 Å². The van der Waals surface area contributed by atoms with Crippen molar-refractivity contribution in [3.8, 4) is 17.3 Å². The Morgan fingerprint density at radius 1 is 1.00 bits per heavy atom. The minimum Gasteiger partial charge on any atom is -0.481 e. The Labute approximate surface area is 392 Å². The van der Waals surface area contributed by atoms with Crippen molar-refractivity contribution < 1.29 is 42.1 Å². The van der Waals surface area contributed by atoms with Gasteiger partial charge in [0.1, 0.15) is 16.2 Å². The number of carboxylic acids is 1. The van der Waals surface area contributed by atoms with Crippen molar-refractivity contribution >= 4 is 60.4 Å². The maximum absolute atomic E-state index is 15.4. The molecule has 5 fully saturated rings. The van der Waals surface area contributed by atoms with Gasteiger partial charge in [-0.1, -0.05) is 6.92 Å². The number of hydrogen-bond acceptors (Lipinski definition) is 12. The van der Waals surface area contributed by atoms with Gasteiger partial charge in [-0.3, -0.25) is 14.7 Å². The van der Waals surface area contributed by atoms with Crippen molar-refractivity contribution in [2.75, 3.05) is 50.8 Å². The molecule has 4 aliphatic heterocycles. The lowest BCUT2D eigenvalue weighted by Crippen LogP contribution is -2.57. The minimum atomic E-state index is -4.69. The van der Waals surface area contributed by atoms with Gasteiger partial charge in [-0.15, -0.1) is 11.3 Å². The monoisotopic (exact) mass is 946 g/mol. The van der Waals surface area contributed by atoms with Gasteiger partial charge in [0, 0.05) is 60.7 Å². The molecule has 2 bridgehead atoms. The molecule has 1 N–H and O–H groups in total. The SMILES string of the molecule is Cc1cc2c(cnn2C2CCCCO2)c(-c2nccc3c2sc2nc(OCC4(C)CCCN(CC5CCC(C(=O)O)CC5)C4)nc(N4C[C@H]5CC[C@@H](C4)N5C(=O)OC(C)(C)C)c23)c1C(F)(F)F. The molecule has 67 heavy (non-hydrogen) atoms.